The minimum atomic E-state index is -4.88. The van der Waals surface area contributed by atoms with Gasteiger partial charge in [-0.1, -0.05) is 23.7 Å². The van der Waals surface area contributed by atoms with Gasteiger partial charge in [-0.15, -0.1) is 0 Å². The molecule has 230 valence electrons. The summed E-state index contributed by atoms with van der Waals surface area (Å²) in [7, 11) is 2.90. The predicted octanol–water partition coefficient (Wildman–Crippen LogP) is 5.97. The van der Waals surface area contributed by atoms with Gasteiger partial charge in [0.25, 0.3) is 5.91 Å². The zero-order chi connectivity index (χ0) is 31.9. The molecule has 5 rings (SSSR count). The maximum atomic E-state index is 15.9. The van der Waals surface area contributed by atoms with Crippen molar-refractivity contribution in [3.05, 3.63) is 69.9 Å². The van der Waals surface area contributed by atoms with Gasteiger partial charge in [-0.2, -0.15) is 23.1 Å². The Morgan fingerprint density at radius 1 is 1.18 bits per heavy atom. The first-order valence-corrected chi connectivity index (χ1v) is 13.6. The second kappa shape index (κ2) is 11.9. The van der Waals surface area contributed by atoms with Crippen LogP contribution in [0.4, 0.5) is 27.8 Å². The number of benzene rings is 1. The first-order valence-electron chi connectivity index (χ1n) is 13.3. The van der Waals surface area contributed by atoms with Crippen molar-refractivity contribution in [1.29, 1.82) is 0 Å². The molecule has 4 aromatic rings. The lowest BCUT2D eigenvalue weighted by atomic mass is 10.0. The number of nitrogens with zero attached hydrogens (tertiary/aromatic N) is 7. The second-order valence-corrected chi connectivity index (χ2v) is 10.6. The van der Waals surface area contributed by atoms with E-state index in [0.717, 1.165) is 18.2 Å². The summed E-state index contributed by atoms with van der Waals surface area (Å²) >= 11 is 5.84. The van der Waals surface area contributed by atoms with Crippen molar-refractivity contribution in [2.24, 2.45) is 0 Å². The molecule has 0 saturated carbocycles. The summed E-state index contributed by atoms with van der Waals surface area (Å²) in [6, 6.07) is 4.32. The Balaban J connectivity index is 1.47. The molecule has 1 aliphatic rings. The van der Waals surface area contributed by atoms with Crippen molar-refractivity contribution >= 4 is 40.3 Å². The number of alkyl halides is 3. The number of carbonyl (C=O) groups is 1. The third-order valence-corrected chi connectivity index (χ3v) is 7.49. The van der Waals surface area contributed by atoms with Gasteiger partial charge in [0.15, 0.2) is 11.6 Å². The fourth-order valence-electron chi connectivity index (χ4n) is 5.16. The minimum Gasteiger partial charge on any atom is -0.467 e. The summed E-state index contributed by atoms with van der Waals surface area (Å²) in [6.45, 7) is 3.73. The van der Waals surface area contributed by atoms with Crippen LogP contribution in [0.1, 0.15) is 29.2 Å². The number of pyridine rings is 1. The molecule has 0 N–H and O–H groups in total. The lowest BCUT2D eigenvalue weighted by molar-refractivity contribution is -0.137. The maximum Gasteiger partial charge on any atom is 0.418 e. The van der Waals surface area contributed by atoms with Gasteiger partial charge in [0.2, 0.25) is 0 Å². The first-order chi connectivity index (χ1) is 20.8. The maximum absolute atomic E-state index is 15.9. The van der Waals surface area contributed by atoms with E-state index < -0.39 is 45.6 Å². The number of hydrogen-bond acceptors (Lipinski definition) is 8. The van der Waals surface area contributed by atoms with Gasteiger partial charge in [0.1, 0.15) is 22.9 Å². The van der Waals surface area contributed by atoms with E-state index in [2.05, 4.69) is 24.9 Å². The van der Waals surface area contributed by atoms with Gasteiger partial charge in [0, 0.05) is 49.7 Å². The molecule has 0 spiro atoms. The zero-order valence-electron chi connectivity index (χ0n) is 23.9. The van der Waals surface area contributed by atoms with Crippen LogP contribution in [0.2, 0.25) is 5.02 Å². The van der Waals surface area contributed by atoms with Crippen LogP contribution in [0.15, 0.2) is 36.3 Å². The minimum absolute atomic E-state index is 0.0930. The van der Waals surface area contributed by atoms with E-state index in [9.17, 15) is 22.4 Å². The molecule has 44 heavy (non-hydrogen) atoms. The Kier molecular flexibility index (Phi) is 8.38. The van der Waals surface area contributed by atoms with Crippen molar-refractivity contribution < 1.29 is 31.5 Å². The van der Waals surface area contributed by atoms with Gasteiger partial charge in [-0.25, -0.2) is 18.7 Å². The lowest BCUT2D eigenvalue weighted by Gasteiger charge is -2.27. The van der Waals surface area contributed by atoms with Crippen molar-refractivity contribution in [1.82, 2.24) is 29.8 Å². The molecule has 4 heterocycles. The van der Waals surface area contributed by atoms with Crippen LogP contribution in [0, 0.1) is 19.7 Å². The number of methoxy groups -OCH3 is 1. The number of hydrogen-bond donors (Lipinski definition) is 0. The Morgan fingerprint density at radius 3 is 2.61 bits per heavy atom. The van der Waals surface area contributed by atoms with Gasteiger partial charge in [-0.3, -0.25) is 9.78 Å². The molecule has 9 nitrogen and oxygen atoms in total. The van der Waals surface area contributed by atoms with Crippen molar-refractivity contribution in [3.8, 4) is 17.3 Å². The van der Waals surface area contributed by atoms with Gasteiger partial charge in [-0.05, 0) is 32.4 Å². The molecule has 1 aromatic carbocycles. The highest BCUT2D eigenvalue weighted by Gasteiger charge is 2.38. The normalized spacial score (nSPS) is 15.6. The van der Waals surface area contributed by atoms with Crippen LogP contribution in [-0.4, -0.2) is 69.0 Å². The Morgan fingerprint density at radius 2 is 1.93 bits per heavy atom. The van der Waals surface area contributed by atoms with Crippen LogP contribution in [-0.2, 0) is 11.0 Å². The molecule has 1 aliphatic heterocycles. The van der Waals surface area contributed by atoms with Crippen LogP contribution >= 0.6 is 11.6 Å². The molecule has 1 amide bonds. The van der Waals surface area contributed by atoms with E-state index in [-0.39, 0.29) is 47.6 Å². The Hall–Kier alpha value is -4.46. The van der Waals surface area contributed by atoms with E-state index in [1.54, 1.807) is 31.9 Å². The van der Waals surface area contributed by atoms with E-state index in [4.69, 9.17) is 16.3 Å². The monoisotopic (exact) mass is 633 g/mol. The highest BCUT2D eigenvalue weighted by atomic mass is 35.5. The Bertz CT molecular complexity index is 1780. The fourth-order valence-corrected chi connectivity index (χ4v) is 5.44. The number of carbonyl (C=O) groups excluding carboxylic acids is 1. The molecular weight excluding hydrogens is 609 g/mol. The molecule has 1 fully saturated rings. The van der Waals surface area contributed by atoms with Crippen LogP contribution < -0.4 is 9.64 Å². The number of amides is 1. The summed E-state index contributed by atoms with van der Waals surface area (Å²) in [6.07, 6.45) is -2.23. The number of anilines is 1. The highest BCUT2D eigenvalue weighted by Crippen LogP contribution is 2.42. The van der Waals surface area contributed by atoms with E-state index in [1.165, 1.54) is 24.3 Å². The average molecular weight is 634 g/mol. The molecule has 1 unspecified atom stereocenters. The second-order valence-electron chi connectivity index (χ2n) is 10.2. The molecule has 1 atom stereocenters. The van der Waals surface area contributed by atoms with Gasteiger partial charge < -0.3 is 14.5 Å². The van der Waals surface area contributed by atoms with Crippen LogP contribution in [0.5, 0.6) is 6.01 Å². The number of likely N-dealkylation sites (tertiary alicyclic amines) is 1. The van der Waals surface area contributed by atoms with Crippen LogP contribution in [0.3, 0.4) is 0 Å². The Labute approximate surface area is 253 Å². The molecule has 0 aliphatic carbocycles. The number of aryl methyl sites for hydroxylation is 2. The standard InChI is InChI=1S/C29H25ClF5N7O2/c1-14-10-16(38-15(2)37-14)11-21(31)27(43)42-9-8-17(13-42)41(3)26-19-12-36-24(23(32)25(19)39-28(40-26)44-4)18-6-5-7-20(30)22(18)29(33,34)35/h5-7,10-12,17H,8-9,13H2,1-4H3/b21-11-. The largest absolute Gasteiger partial charge is 0.467 e. The molecule has 1 saturated heterocycles. The molecule has 15 heteroatoms. The third-order valence-electron chi connectivity index (χ3n) is 7.18. The lowest BCUT2D eigenvalue weighted by Crippen LogP contribution is -2.37. The number of halogens is 6. The van der Waals surface area contributed by atoms with Crippen molar-refractivity contribution in [2.45, 2.75) is 32.5 Å². The summed E-state index contributed by atoms with van der Waals surface area (Å²) in [5.41, 5.74) is -1.81. The molecule has 0 bridgehead atoms. The number of rotatable bonds is 6. The fraction of sp³-hybridized carbons (Fsp3) is 0.310. The van der Waals surface area contributed by atoms with Crippen molar-refractivity contribution in [3.63, 3.8) is 0 Å². The van der Waals surface area contributed by atoms with E-state index >= 15 is 4.39 Å². The molecule has 3 aromatic heterocycles. The van der Waals surface area contributed by atoms with E-state index in [1.807, 2.05) is 0 Å². The smallest absolute Gasteiger partial charge is 0.418 e. The number of aromatic nitrogens is 5. The average Bonchev–Trinajstić information content (AvgIpc) is 3.45. The summed E-state index contributed by atoms with van der Waals surface area (Å²) in [5, 5.41) is -0.513. The number of ether oxygens (including phenoxy) is 1. The third kappa shape index (κ3) is 5.98. The summed E-state index contributed by atoms with van der Waals surface area (Å²) in [4.78, 5) is 36.6. The SMILES string of the molecule is COc1nc(N(C)C2CCN(C(=O)/C(F)=C/c3cc(C)nc(C)n3)C2)c2cnc(-c3cccc(Cl)c3C(F)(F)F)c(F)c2n1. The summed E-state index contributed by atoms with van der Waals surface area (Å²) in [5.74, 6) is -2.33. The van der Waals surface area contributed by atoms with Gasteiger partial charge >= 0.3 is 12.2 Å². The number of fused-ring (bicyclic) bond motifs is 1. The number of likely N-dealkylation sites (N-methyl/N-ethyl adjacent to an activating group) is 1. The van der Waals surface area contributed by atoms with Crippen LogP contribution in [0.25, 0.3) is 28.2 Å². The zero-order valence-corrected chi connectivity index (χ0v) is 24.6. The topological polar surface area (TPSA) is 97.2 Å². The highest BCUT2D eigenvalue weighted by molar-refractivity contribution is 6.31. The predicted molar refractivity (Wildman–Crippen MR) is 153 cm³/mol. The quantitative estimate of drug-likeness (QED) is 0.189. The summed E-state index contributed by atoms with van der Waals surface area (Å²) < 4.78 is 77.5. The first kappa shape index (κ1) is 31.0. The van der Waals surface area contributed by atoms with Crippen molar-refractivity contribution in [2.75, 3.05) is 32.1 Å². The molecule has 0 radical (unpaired) electrons. The van der Waals surface area contributed by atoms with E-state index in [0.29, 0.717) is 17.9 Å². The molecular formula is C29H25ClF5N7O2. The van der Waals surface area contributed by atoms with Gasteiger partial charge in [0.05, 0.1) is 28.8 Å².